The van der Waals surface area contributed by atoms with Gasteiger partial charge in [-0.15, -0.1) is 0 Å². The van der Waals surface area contributed by atoms with Gasteiger partial charge in [0, 0.05) is 10.8 Å². The minimum Gasteiger partial charge on any atom is -0.480 e. The highest BCUT2D eigenvalue weighted by Crippen LogP contribution is 2.20. The molecule has 0 aliphatic rings. The van der Waals surface area contributed by atoms with E-state index in [4.69, 9.17) is 5.11 Å². The first-order valence-electron chi connectivity index (χ1n) is 6.31. The van der Waals surface area contributed by atoms with E-state index < -0.39 is 5.97 Å². The first-order valence-corrected chi connectivity index (χ1v) is 6.31. The number of benzene rings is 2. The summed E-state index contributed by atoms with van der Waals surface area (Å²) in [5.41, 5.74) is 2.23. The third kappa shape index (κ3) is 1.86. The highest BCUT2D eigenvalue weighted by Gasteiger charge is 2.12. The van der Waals surface area contributed by atoms with E-state index in [1.54, 1.807) is 34.9 Å². The first-order chi connectivity index (χ1) is 9.58. The van der Waals surface area contributed by atoms with Crippen molar-refractivity contribution in [1.82, 2.24) is 4.57 Å². The number of carboxylic acid groups (broad SMARTS) is 1. The third-order valence-corrected chi connectivity index (χ3v) is 3.42. The lowest BCUT2D eigenvalue weighted by molar-refractivity contribution is -0.137. The van der Waals surface area contributed by atoms with Crippen molar-refractivity contribution in [1.29, 1.82) is 0 Å². The molecule has 0 aliphatic heterocycles. The zero-order chi connectivity index (χ0) is 14.3. The Morgan fingerprint density at radius 3 is 2.55 bits per heavy atom. The van der Waals surface area contributed by atoms with Crippen LogP contribution >= 0.6 is 0 Å². The largest absolute Gasteiger partial charge is 0.480 e. The van der Waals surface area contributed by atoms with Crippen LogP contribution in [-0.2, 0) is 11.3 Å². The summed E-state index contributed by atoms with van der Waals surface area (Å²) < 4.78 is 1.67. The second kappa shape index (κ2) is 4.49. The molecule has 0 atom stereocenters. The maximum atomic E-state index is 12.5. The van der Waals surface area contributed by atoms with Gasteiger partial charge in [0.2, 0.25) is 0 Å². The molecule has 0 saturated carbocycles. The monoisotopic (exact) mass is 267 g/mol. The van der Waals surface area contributed by atoms with Crippen molar-refractivity contribution in [3.8, 4) is 0 Å². The summed E-state index contributed by atoms with van der Waals surface area (Å²) in [4.78, 5) is 23.6. The van der Waals surface area contributed by atoms with Crippen LogP contribution in [0.5, 0.6) is 0 Å². The van der Waals surface area contributed by atoms with E-state index in [-0.39, 0.29) is 12.0 Å². The van der Waals surface area contributed by atoms with Gasteiger partial charge in [0.05, 0.1) is 11.0 Å². The van der Waals surface area contributed by atoms with Crippen molar-refractivity contribution in [3.05, 3.63) is 58.3 Å². The number of nitrogens with zero attached hydrogens (tertiary/aromatic N) is 1. The predicted molar refractivity (Wildman–Crippen MR) is 78.1 cm³/mol. The molecule has 4 heteroatoms. The molecule has 0 radical (unpaired) electrons. The molecule has 3 aromatic rings. The number of aryl methyl sites for hydroxylation is 1. The van der Waals surface area contributed by atoms with Crippen LogP contribution in [0.4, 0.5) is 0 Å². The van der Waals surface area contributed by atoms with Crippen molar-refractivity contribution >= 4 is 27.8 Å². The fourth-order valence-electron chi connectivity index (χ4n) is 2.55. The van der Waals surface area contributed by atoms with Crippen molar-refractivity contribution < 1.29 is 9.90 Å². The Bertz CT molecular complexity index is 893. The molecule has 0 amide bonds. The lowest BCUT2D eigenvalue weighted by Gasteiger charge is -2.13. The van der Waals surface area contributed by atoms with E-state index in [0.29, 0.717) is 21.8 Å². The Kier molecular flexibility index (Phi) is 2.79. The normalized spacial score (nSPS) is 11.1. The summed E-state index contributed by atoms with van der Waals surface area (Å²) in [6, 6.07) is 12.6. The minimum absolute atomic E-state index is 0.0547. The van der Waals surface area contributed by atoms with Crippen LogP contribution in [0.2, 0.25) is 0 Å². The van der Waals surface area contributed by atoms with Gasteiger partial charge < -0.3 is 9.67 Å². The molecule has 3 rings (SSSR count). The van der Waals surface area contributed by atoms with Gasteiger partial charge in [-0.1, -0.05) is 23.8 Å². The number of aliphatic carboxylic acids is 1. The summed E-state index contributed by atoms with van der Waals surface area (Å²) in [7, 11) is 0. The van der Waals surface area contributed by atoms with E-state index in [9.17, 15) is 9.59 Å². The number of aromatic nitrogens is 1. The van der Waals surface area contributed by atoms with E-state index >= 15 is 0 Å². The van der Waals surface area contributed by atoms with E-state index in [0.717, 1.165) is 5.56 Å². The zero-order valence-corrected chi connectivity index (χ0v) is 11.0. The van der Waals surface area contributed by atoms with Crippen LogP contribution < -0.4 is 5.43 Å². The molecule has 20 heavy (non-hydrogen) atoms. The number of rotatable bonds is 2. The Labute approximate surface area is 114 Å². The lowest BCUT2D eigenvalue weighted by atomic mass is 10.1. The summed E-state index contributed by atoms with van der Waals surface area (Å²) in [6.07, 6.45) is 0. The number of fused-ring (bicyclic) bond motifs is 2. The van der Waals surface area contributed by atoms with Crippen LogP contribution in [0.25, 0.3) is 21.8 Å². The van der Waals surface area contributed by atoms with E-state index in [2.05, 4.69) is 0 Å². The number of carbonyl (C=O) groups is 1. The number of carboxylic acids is 1. The third-order valence-electron chi connectivity index (χ3n) is 3.42. The molecule has 0 fully saturated rings. The van der Waals surface area contributed by atoms with Gasteiger partial charge in [-0.2, -0.15) is 0 Å². The van der Waals surface area contributed by atoms with Crippen LogP contribution in [0.15, 0.2) is 47.3 Å². The standard InChI is InChI=1S/C16H13NO3/c1-10-6-7-14-12(8-10)16(20)11-4-2-3-5-13(11)17(14)9-15(18)19/h2-8H,9H2,1H3,(H,18,19). The fraction of sp³-hybridized carbons (Fsp3) is 0.125. The van der Waals surface area contributed by atoms with E-state index in [1.807, 2.05) is 19.1 Å². The van der Waals surface area contributed by atoms with Crippen LogP contribution in [0.3, 0.4) is 0 Å². The number of pyridine rings is 1. The molecule has 1 heterocycles. The Balaban J connectivity index is 2.56. The molecule has 0 aliphatic carbocycles. The molecule has 0 bridgehead atoms. The van der Waals surface area contributed by atoms with Crippen LogP contribution in [0.1, 0.15) is 5.56 Å². The maximum Gasteiger partial charge on any atom is 0.323 e. The number of hydrogen-bond acceptors (Lipinski definition) is 2. The molecule has 100 valence electrons. The predicted octanol–water partition coefficient (Wildman–Crippen LogP) is 2.55. The van der Waals surface area contributed by atoms with Crippen molar-refractivity contribution in [2.45, 2.75) is 13.5 Å². The summed E-state index contributed by atoms with van der Waals surface area (Å²) in [5, 5.41) is 10.2. The van der Waals surface area contributed by atoms with Gasteiger partial charge in [0.1, 0.15) is 6.54 Å². The summed E-state index contributed by atoms with van der Waals surface area (Å²) in [6.45, 7) is 1.75. The highest BCUT2D eigenvalue weighted by atomic mass is 16.4. The highest BCUT2D eigenvalue weighted by molar-refractivity contribution is 5.94. The SMILES string of the molecule is Cc1ccc2c(c1)c(=O)c1ccccc1n2CC(=O)O. The van der Waals surface area contributed by atoms with Crippen LogP contribution in [0, 0.1) is 6.92 Å². The Morgan fingerprint density at radius 1 is 1.10 bits per heavy atom. The molecule has 1 aromatic heterocycles. The number of hydrogen-bond donors (Lipinski definition) is 1. The molecule has 0 unspecified atom stereocenters. The molecule has 4 nitrogen and oxygen atoms in total. The molecule has 0 spiro atoms. The topological polar surface area (TPSA) is 59.3 Å². The zero-order valence-electron chi connectivity index (χ0n) is 11.0. The van der Waals surface area contributed by atoms with Crippen LogP contribution in [-0.4, -0.2) is 15.6 Å². The smallest absolute Gasteiger partial charge is 0.323 e. The van der Waals surface area contributed by atoms with Crippen molar-refractivity contribution in [3.63, 3.8) is 0 Å². The second-order valence-electron chi connectivity index (χ2n) is 4.85. The quantitative estimate of drug-likeness (QED) is 0.726. The second-order valence-corrected chi connectivity index (χ2v) is 4.85. The van der Waals surface area contributed by atoms with Gasteiger partial charge in [0.15, 0.2) is 5.43 Å². The van der Waals surface area contributed by atoms with E-state index in [1.165, 1.54) is 0 Å². The maximum absolute atomic E-state index is 12.5. The van der Waals surface area contributed by atoms with Gasteiger partial charge in [-0.25, -0.2) is 0 Å². The van der Waals surface area contributed by atoms with Gasteiger partial charge in [0.25, 0.3) is 0 Å². The molecular weight excluding hydrogens is 254 g/mol. The molecule has 0 saturated heterocycles. The van der Waals surface area contributed by atoms with Crippen molar-refractivity contribution in [2.24, 2.45) is 0 Å². The molecule has 2 aromatic carbocycles. The molecular formula is C16H13NO3. The first kappa shape index (κ1) is 12.4. The summed E-state index contributed by atoms with van der Waals surface area (Å²) >= 11 is 0. The lowest BCUT2D eigenvalue weighted by Crippen LogP contribution is -2.15. The average Bonchev–Trinajstić information content (AvgIpc) is 2.43. The van der Waals surface area contributed by atoms with Gasteiger partial charge in [-0.3, -0.25) is 9.59 Å². The van der Waals surface area contributed by atoms with Gasteiger partial charge in [-0.05, 0) is 31.2 Å². The number of para-hydroxylation sites is 1. The summed E-state index contributed by atoms with van der Waals surface area (Å²) in [5.74, 6) is -0.930. The fourth-order valence-corrected chi connectivity index (χ4v) is 2.55. The average molecular weight is 267 g/mol. The minimum atomic E-state index is -0.930. The molecule has 1 N–H and O–H groups in total. The van der Waals surface area contributed by atoms with Gasteiger partial charge >= 0.3 is 5.97 Å². The Hall–Kier alpha value is -2.62. The van der Waals surface area contributed by atoms with Crippen molar-refractivity contribution in [2.75, 3.05) is 0 Å². The Morgan fingerprint density at radius 2 is 1.80 bits per heavy atom.